The molecule has 0 fully saturated rings. The van der Waals surface area contributed by atoms with Gasteiger partial charge in [0.25, 0.3) is 5.91 Å². The number of carbonyl (C=O) groups is 2. The third-order valence-corrected chi connectivity index (χ3v) is 4.58. The Labute approximate surface area is 144 Å². The zero-order valence-corrected chi connectivity index (χ0v) is 14.6. The van der Waals surface area contributed by atoms with Crippen LogP contribution in [0.5, 0.6) is 0 Å². The van der Waals surface area contributed by atoms with Crippen molar-refractivity contribution in [2.75, 3.05) is 0 Å². The summed E-state index contributed by atoms with van der Waals surface area (Å²) in [6, 6.07) is 10.1. The van der Waals surface area contributed by atoms with Gasteiger partial charge in [0.15, 0.2) is 0 Å². The highest BCUT2D eigenvalue weighted by molar-refractivity contribution is 7.09. The summed E-state index contributed by atoms with van der Waals surface area (Å²) < 4.78 is 0. The van der Waals surface area contributed by atoms with Crippen molar-refractivity contribution in [2.24, 2.45) is 5.92 Å². The minimum Gasteiger partial charge on any atom is -0.349 e. The second-order valence-corrected chi connectivity index (χ2v) is 6.91. The maximum atomic E-state index is 12.4. The van der Waals surface area contributed by atoms with Gasteiger partial charge >= 0.3 is 0 Å². The highest BCUT2D eigenvalue weighted by Gasteiger charge is 2.25. The highest BCUT2D eigenvalue weighted by atomic mass is 35.5. The van der Waals surface area contributed by atoms with Crippen molar-refractivity contribution in [3.63, 3.8) is 0 Å². The van der Waals surface area contributed by atoms with Crippen LogP contribution >= 0.6 is 22.9 Å². The van der Waals surface area contributed by atoms with Gasteiger partial charge in [-0.2, -0.15) is 0 Å². The van der Waals surface area contributed by atoms with Gasteiger partial charge in [0, 0.05) is 4.88 Å². The van der Waals surface area contributed by atoms with E-state index in [9.17, 15) is 9.59 Å². The van der Waals surface area contributed by atoms with Gasteiger partial charge in [0.2, 0.25) is 5.91 Å². The minimum absolute atomic E-state index is 0.0372. The maximum absolute atomic E-state index is 12.4. The fraction of sp³-hybridized carbons (Fsp3) is 0.294. The predicted molar refractivity (Wildman–Crippen MR) is 93.7 cm³/mol. The van der Waals surface area contributed by atoms with Crippen molar-refractivity contribution in [1.29, 1.82) is 0 Å². The van der Waals surface area contributed by atoms with E-state index in [1.807, 2.05) is 31.4 Å². The smallest absolute Gasteiger partial charge is 0.253 e. The molecule has 0 aliphatic heterocycles. The van der Waals surface area contributed by atoms with E-state index in [0.29, 0.717) is 17.1 Å². The SMILES string of the molecule is CC(C)C(NC(=O)c1ccccc1Cl)C(=O)NCc1cccs1. The Balaban J connectivity index is 2.02. The van der Waals surface area contributed by atoms with E-state index in [-0.39, 0.29) is 17.7 Å². The molecule has 0 aliphatic carbocycles. The molecule has 2 N–H and O–H groups in total. The molecule has 2 amide bonds. The molecule has 2 rings (SSSR count). The molecule has 2 aromatic rings. The van der Waals surface area contributed by atoms with Crippen LogP contribution < -0.4 is 10.6 Å². The van der Waals surface area contributed by atoms with Gasteiger partial charge in [0.05, 0.1) is 17.1 Å². The molecule has 1 unspecified atom stereocenters. The van der Waals surface area contributed by atoms with Crippen LogP contribution in [0, 0.1) is 5.92 Å². The number of benzene rings is 1. The Hall–Kier alpha value is -1.85. The predicted octanol–water partition coefficient (Wildman–Crippen LogP) is 3.47. The Kier molecular flexibility index (Phi) is 6.19. The zero-order chi connectivity index (χ0) is 16.8. The van der Waals surface area contributed by atoms with E-state index in [2.05, 4.69) is 10.6 Å². The lowest BCUT2D eigenvalue weighted by molar-refractivity contribution is -0.124. The first-order valence-corrected chi connectivity index (χ1v) is 8.60. The average molecular weight is 351 g/mol. The third kappa shape index (κ3) is 4.81. The Morgan fingerprint density at radius 1 is 1.17 bits per heavy atom. The van der Waals surface area contributed by atoms with Crippen molar-refractivity contribution in [3.8, 4) is 0 Å². The molecule has 23 heavy (non-hydrogen) atoms. The van der Waals surface area contributed by atoms with Crippen molar-refractivity contribution >= 4 is 34.8 Å². The van der Waals surface area contributed by atoms with E-state index >= 15 is 0 Å². The standard InChI is InChI=1S/C17H19ClN2O2S/c1-11(2)15(17(22)19-10-12-6-5-9-23-12)20-16(21)13-7-3-4-8-14(13)18/h3-9,11,15H,10H2,1-2H3,(H,19,22)(H,20,21). The summed E-state index contributed by atoms with van der Waals surface area (Å²) in [5, 5.41) is 7.96. The lowest BCUT2D eigenvalue weighted by Gasteiger charge is -2.22. The molecule has 0 spiro atoms. The molecule has 0 saturated carbocycles. The van der Waals surface area contributed by atoms with Gasteiger partial charge in [-0.1, -0.05) is 43.6 Å². The first-order chi connectivity index (χ1) is 11.0. The average Bonchev–Trinajstić information content (AvgIpc) is 3.03. The molecule has 1 aromatic carbocycles. The normalized spacial score (nSPS) is 12.0. The first-order valence-electron chi connectivity index (χ1n) is 7.34. The van der Waals surface area contributed by atoms with Crippen LogP contribution in [0.4, 0.5) is 0 Å². The Morgan fingerprint density at radius 2 is 1.91 bits per heavy atom. The van der Waals surface area contributed by atoms with Crippen molar-refractivity contribution in [2.45, 2.75) is 26.4 Å². The van der Waals surface area contributed by atoms with E-state index in [4.69, 9.17) is 11.6 Å². The summed E-state index contributed by atoms with van der Waals surface area (Å²) in [6.45, 7) is 4.24. The molecule has 6 heteroatoms. The fourth-order valence-electron chi connectivity index (χ4n) is 2.10. The topological polar surface area (TPSA) is 58.2 Å². The molecule has 4 nitrogen and oxygen atoms in total. The number of carbonyl (C=O) groups excluding carboxylic acids is 2. The van der Waals surface area contributed by atoms with E-state index in [0.717, 1.165) is 4.88 Å². The minimum atomic E-state index is -0.612. The first kappa shape index (κ1) is 17.5. The molecular formula is C17H19ClN2O2S. The van der Waals surface area contributed by atoms with Crippen LogP contribution in [-0.2, 0) is 11.3 Å². The zero-order valence-electron chi connectivity index (χ0n) is 13.0. The van der Waals surface area contributed by atoms with Crippen LogP contribution in [0.1, 0.15) is 29.1 Å². The van der Waals surface area contributed by atoms with Crippen molar-refractivity contribution in [3.05, 3.63) is 57.2 Å². The van der Waals surface area contributed by atoms with Crippen LogP contribution in [0.25, 0.3) is 0 Å². The second-order valence-electron chi connectivity index (χ2n) is 5.47. The van der Waals surface area contributed by atoms with Gasteiger partial charge in [0.1, 0.15) is 6.04 Å². The van der Waals surface area contributed by atoms with Gasteiger partial charge in [-0.15, -0.1) is 11.3 Å². The van der Waals surface area contributed by atoms with Gasteiger partial charge in [-0.05, 0) is 29.5 Å². The number of rotatable bonds is 6. The lowest BCUT2D eigenvalue weighted by atomic mass is 10.0. The maximum Gasteiger partial charge on any atom is 0.253 e. The Bertz CT molecular complexity index is 671. The second kappa shape index (κ2) is 8.13. The van der Waals surface area contributed by atoms with E-state index < -0.39 is 6.04 Å². The third-order valence-electron chi connectivity index (χ3n) is 3.37. The van der Waals surface area contributed by atoms with Crippen molar-refractivity contribution in [1.82, 2.24) is 10.6 Å². The molecule has 0 bridgehead atoms. The van der Waals surface area contributed by atoms with Crippen LogP contribution in [0.2, 0.25) is 5.02 Å². The summed E-state index contributed by atoms with van der Waals surface area (Å²) in [4.78, 5) is 25.8. The fourth-order valence-corrected chi connectivity index (χ4v) is 2.96. The molecule has 122 valence electrons. The quantitative estimate of drug-likeness (QED) is 0.838. The Morgan fingerprint density at radius 3 is 2.52 bits per heavy atom. The summed E-state index contributed by atoms with van der Waals surface area (Å²) in [5.74, 6) is -0.584. The summed E-state index contributed by atoms with van der Waals surface area (Å²) in [5.41, 5.74) is 0.367. The molecular weight excluding hydrogens is 332 g/mol. The van der Waals surface area contributed by atoms with Crippen LogP contribution in [-0.4, -0.2) is 17.9 Å². The molecule has 1 aromatic heterocycles. The van der Waals surface area contributed by atoms with E-state index in [1.54, 1.807) is 35.6 Å². The van der Waals surface area contributed by atoms with Crippen LogP contribution in [0.3, 0.4) is 0 Å². The van der Waals surface area contributed by atoms with Crippen LogP contribution in [0.15, 0.2) is 41.8 Å². The lowest BCUT2D eigenvalue weighted by Crippen LogP contribution is -2.49. The molecule has 0 aliphatic rings. The molecule has 1 heterocycles. The number of amides is 2. The van der Waals surface area contributed by atoms with E-state index in [1.165, 1.54) is 0 Å². The van der Waals surface area contributed by atoms with Gasteiger partial charge in [-0.25, -0.2) is 0 Å². The van der Waals surface area contributed by atoms with Gasteiger partial charge < -0.3 is 10.6 Å². The van der Waals surface area contributed by atoms with Crippen molar-refractivity contribution < 1.29 is 9.59 Å². The molecule has 0 radical (unpaired) electrons. The number of thiophene rings is 1. The molecule has 0 saturated heterocycles. The highest BCUT2D eigenvalue weighted by Crippen LogP contribution is 2.15. The number of hydrogen-bond donors (Lipinski definition) is 2. The molecule has 1 atom stereocenters. The summed E-state index contributed by atoms with van der Waals surface area (Å²) in [7, 11) is 0. The van der Waals surface area contributed by atoms with Gasteiger partial charge in [-0.3, -0.25) is 9.59 Å². The number of nitrogens with one attached hydrogen (secondary N) is 2. The monoisotopic (exact) mass is 350 g/mol. The number of halogens is 1. The summed E-state index contributed by atoms with van der Waals surface area (Å²) in [6.07, 6.45) is 0. The largest absolute Gasteiger partial charge is 0.349 e. The number of hydrogen-bond acceptors (Lipinski definition) is 3. The summed E-state index contributed by atoms with van der Waals surface area (Å²) >= 11 is 7.61.